The van der Waals surface area contributed by atoms with Gasteiger partial charge in [-0.05, 0) is 44.5 Å². The van der Waals surface area contributed by atoms with Crippen LogP contribution in [-0.2, 0) is 12.5 Å². The van der Waals surface area contributed by atoms with E-state index in [-0.39, 0.29) is 11.2 Å². The number of nitrogens with one attached hydrogen (secondary N) is 1. The lowest BCUT2D eigenvalue weighted by molar-refractivity contribution is 0.266. The molecule has 1 fully saturated rings. The van der Waals surface area contributed by atoms with Crippen molar-refractivity contribution in [3.8, 4) is 0 Å². The van der Waals surface area contributed by atoms with Crippen LogP contribution in [0.15, 0.2) is 18.2 Å². The third-order valence-electron chi connectivity index (χ3n) is 4.63. The van der Waals surface area contributed by atoms with Crippen LogP contribution in [-0.4, -0.2) is 22.6 Å². The molecule has 1 saturated heterocycles. The minimum absolute atomic E-state index is 0.0974. The van der Waals surface area contributed by atoms with Crippen LogP contribution in [0, 0.1) is 5.82 Å². The van der Waals surface area contributed by atoms with Gasteiger partial charge in [0.25, 0.3) is 0 Å². The number of hydrogen-bond donors (Lipinski definition) is 1. The molecule has 0 radical (unpaired) electrons. The lowest BCUT2D eigenvalue weighted by Gasteiger charge is -2.37. The highest BCUT2D eigenvalue weighted by Gasteiger charge is 2.37. The summed E-state index contributed by atoms with van der Waals surface area (Å²) in [6.07, 6.45) is 4.42. The predicted molar refractivity (Wildman–Crippen MR) is 79.4 cm³/mol. The summed E-state index contributed by atoms with van der Waals surface area (Å²) in [5.74, 6) is 0.839. The number of para-hydroxylation sites is 1. The highest BCUT2D eigenvalue weighted by Crippen LogP contribution is 2.38. The molecule has 0 unspecified atom stereocenters. The minimum Gasteiger partial charge on any atom is -0.331 e. The van der Waals surface area contributed by atoms with Gasteiger partial charge >= 0.3 is 0 Å². The number of halogens is 1. The Bertz CT molecular complexity index is 606. The summed E-state index contributed by atoms with van der Waals surface area (Å²) in [5.41, 5.74) is 1.51. The van der Waals surface area contributed by atoms with Gasteiger partial charge in [0.15, 0.2) is 5.82 Å². The number of fused-ring (bicyclic) bond motifs is 1. The van der Waals surface area contributed by atoms with E-state index in [1.54, 1.807) is 6.07 Å². The quantitative estimate of drug-likeness (QED) is 0.932. The topological polar surface area (TPSA) is 29.9 Å². The molecule has 0 amide bonds. The molecule has 1 aliphatic rings. The zero-order chi connectivity index (χ0) is 14.2. The molecule has 4 heteroatoms. The fourth-order valence-electron chi connectivity index (χ4n) is 3.62. The van der Waals surface area contributed by atoms with Gasteiger partial charge in [0, 0.05) is 12.5 Å². The van der Waals surface area contributed by atoms with Crippen molar-refractivity contribution in [2.45, 2.75) is 38.0 Å². The van der Waals surface area contributed by atoms with E-state index in [9.17, 15) is 4.39 Å². The van der Waals surface area contributed by atoms with Crippen LogP contribution in [0.3, 0.4) is 0 Å². The smallest absolute Gasteiger partial charge is 0.151 e. The Morgan fingerprint density at radius 2 is 2.10 bits per heavy atom. The Morgan fingerprint density at radius 3 is 2.75 bits per heavy atom. The molecule has 0 bridgehead atoms. The average molecular weight is 275 g/mol. The number of aromatic nitrogens is 2. The monoisotopic (exact) mass is 275 g/mol. The second kappa shape index (κ2) is 5.17. The highest BCUT2D eigenvalue weighted by atomic mass is 19.1. The van der Waals surface area contributed by atoms with Crippen molar-refractivity contribution in [2.75, 3.05) is 13.1 Å². The van der Waals surface area contributed by atoms with Crippen molar-refractivity contribution in [3.63, 3.8) is 0 Å². The zero-order valence-corrected chi connectivity index (χ0v) is 12.2. The normalized spacial score (nSPS) is 18.6. The van der Waals surface area contributed by atoms with Gasteiger partial charge < -0.3 is 9.88 Å². The molecule has 108 valence electrons. The predicted octanol–water partition coefficient (Wildman–Crippen LogP) is 3.13. The first-order chi connectivity index (χ1) is 9.68. The number of imidazole rings is 1. The molecular formula is C16H22FN3. The van der Waals surface area contributed by atoms with Gasteiger partial charge in [0.2, 0.25) is 0 Å². The van der Waals surface area contributed by atoms with E-state index in [0.717, 1.165) is 50.1 Å². The molecule has 2 heterocycles. The van der Waals surface area contributed by atoms with Crippen LogP contribution in [0.4, 0.5) is 4.39 Å². The highest BCUT2D eigenvalue weighted by molar-refractivity contribution is 5.76. The standard InChI is InChI=1S/C16H22FN3/c1-3-7-16(8-10-18-11-9-16)15-19-14-12(17)5-4-6-13(14)20(15)2/h4-6,18H,3,7-11H2,1-2H3. The van der Waals surface area contributed by atoms with E-state index in [1.807, 2.05) is 13.1 Å². The SMILES string of the molecule is CCCC1(c2nc3c(F)cccc3n2C)CCNCC1. The summed E-state index contributed by atoms with van der Waals surface area (Å²) in [6, 6.07) is 5.21. The van der Waals surface area contributed by atoms with E-state index in [2.05, 4.69) is 21.8 Å². The van der Waals surface area contributed by atoms with E-state index in [1.165, 1.54) is 6.07 Å². The first-order valence-corrected chi connectivity index (χ1v) is 7.50. The first kappa shape index (κ1) is 13.6. The Labute approximate surface area is 119 Å². The van der Waals surface area contributed by atoms with Crippen LogP contribution < -0.4 is 5.32 Å². The van der Waals surface area contributed by atoms with Gasteiger partial charge in [-0.25, -0.2) is 9.37 Å². The lowest BCUT2D eigenvalue weighted by Crippen LogP contribution is -2.41. The number of rotatable bonds is 3. The molecule has 1 N–H and O–H groups in total. The Morgan fingerprint density at radius 1 is 1.35 bits per heavy atom. The number of hydrogen-bond acceptors (Lipinski definition) is 2. The van der Waals surface area contributed by atoms with Crippen LogP contribution in [0.2, 0.25) is 0 Å². The summed E-state index contributed by atoms with van der Waals surface area (Å²) in [7, 11) is 2.02. The molecule has 2 aromatic rings. The number of nitrogens with zero attached hydrogens (tertiary/aromatic N) is 2. The molecule has 1 aromatic carbocycles. The van der Waals surface area contributed by atoms with Crippen LogP contribution in [0.25, 0.3) is 11.0 Å². The summed E-state index contributed by atoms with van der Waals surface area (Å²) in [5, 5.41) is 3.42. The summed E-state index contributed by atoms with van der Waals surface area (Å²) >= 11 is 0. The third-order valence-corrected chi connectivity index (χ3v) is 4.63. The van der Waals surface area contributed by atoms with Crippen LogP contribution in [0.1, 0.15) is 38.4 Å². The number of aryl methyl sites for hydroxylation is 1. The fraction of sp³-hybridized carbons (Fsp3) is 0.562. The maximum Gasteiger partial charge on any atom is 0.151 e. The van der Waals surface area contributed by atoms with Crippen molar-refractivity contribution < 1.29 is 4.39 Å². The number of benzene rings is 1. The second-order valence-corrected chi connectivity index (χ2v) is 5.88. The third kappa shape index (κ3) is 2.03. The fourth-order valence-corrected chi connectivity index (χ4v) is 3.62. The summed E-state index contributed by atoms with van der Waals surface area (Å²) < 4.78 is 16.1. The van der Waals surface area contributed by atoms with Crippen LogP contribution >= 0.6 is 0 Å². The van der Waals surface area contributed by atoms with Crippen molar-refractivity contribution in [1.29, 1.82) is 0 Å². The van der Waals surface area contributed by atoms with Gasteiger partial charge in [-0.15, -0.1) is 0 Å². The van der Waals surface area contributed by atoms with Gasteiger partial charge in [-0.1, -0.05) is 19.4 Å². The summed E-state index contributed by atoms with van der Waals surface area (Å²) in [6.45, 7) is 4.25. The Balaban J connectivity index is 2.16. The molecule has 3 rings (SSSR count). The van der Waals surface area contributed by atoms with Gasteiger partial charge in [-0.3, -0.25) is 0 Å². The largest absolute Gasteiger partial charge is 0.331 e. The van der Waals surface area contributed by atoms with Crippen LogP contribution in [0.5, 0.6) is 0 Å². The van der Waals surface area contributed by atoms with Gasteiger partial charge in [-0.2, -0.15) is 0 Å². The Kier molecular flexibility index (Phi) is 3.50. The van der Waals surface area contributed by atoms with E-state index in [4.69, 9.17) is 0 Å². The lowest BCUT2D eigenvalue weighted by atomic mass is 9.74. The summed E-state index contributed by atoms with van der Waals surface area (Å²) in [4.78, 5) is 4.69. The van der Waals surface area contributed by atoms with Crippen molar-refractivity contribution in [2.24, 2.45) is 7.05 Å². The molecule has 1 aliphatic heterocycles. The van der Waals surface area contributed by atoms with Crippen molar-refractivity contribution >= 4 is 11.0 Å². The average Bonchev–Trinajstić information content (AvgIpc) is 2.80. The van der Waals surface area contributed by atoms with E-state index < -0.39 is 0 Å². The molecule has 20 heavy (non-hydrogen) atoms. The number of piperidine rings is 1. The maximum absolute atomic E-state index is 14.0. The molecule has 0 aliphatic carbocycles. The molecule has 0 saturated carbocycles. The van der Waals surface area contributed by atoms with E-state index >= 15 is 0 Å². The second-order valence-electron chi connectivity index (χ2n) is 5.88. The molecule has 1 aromatic heterocycles. The molecule has 0 spiro atoms. The minimum atomic E-state index is -0.218. The van der Waals surface area contributed by atoms with Gasteiger partial charge in [0.1, 0.15) is 11.3 Å². The van der Waals surface area contributed by atoms with Gasteiger partial charge in [0.05, 0.1) is 5.52 Å². The molecular weight excluding hydrogens is 253 g/mol. The van der Waals surface area contributed by atoms with Crippen molar-refractivity contribution in [1.82, 2.24) is 14.9 Å². The van der Waals surface area contributed by atoms with Crippen molar-refractivity contribution in [3.05, 3.63) is 29.8 Å². The molecule has 3 nitrogen and oxygen atoms in total. The maximum atomic E-state index is 14.0. The zero-order valence-electron chi connectivity index (χ0n) is 12.2. The molecule has 0 atom stereocenters. The van der Waals surface area contributed by atoms with E-state index in [0.29, 0.717) is 5.52 Å². The first-order valence-electron chi connectivity index (χ1n) is 7.50. The Hall–Kier alpha value is -1.42.